The van der Waals surface area contributed by atoms with Gasteiger partial charge in [-0.05, 0) is 26.7 Å². The van der Waals surface area contributed by atoms with E-state index in [4.69, 9.17) is 0 Å². The summed E-state index contributed by atoms with van der Waals surface area (Å²) in [6, 6.07) is 2.09. The van der Waals surface area contributed by atoms with Crippen molar-refractivity contribution in [2.24, 2.45) is 0 Å². The fraction of sp³-hybridized carbons (Fsp3) is 0.733. The van der Waals surface area contributed by atoms with Gasteiger partial charge in [-0.2, -0.15) is 4.98 Å². The van der Waals surface area contributed by atoms with E-state index >= 15 is 0 Å². The molecule has 1 aromatic rings. The van der Waals surface area contributed by atoms with Crippen LogP contribution in [0.25, 0.3) is 0 Å². The molecular weight excluding hydrogens is 236 g/mol. The molecule has 0 aliphatic carbocycles. The third-order valence-corrected chi connectivity index (χ3v) is 3.06. The van der Waals surface area contributed by atoms with Gasteiger partial charge < -0.3 is 10.2 Å². The van der Waals surface area contributed by atoms with Gasteiger partial charge in [0, 0.05) is 31.4 Å². The van der Waals surface area contributed by atoms with Crippen molar-refractivity contribution in [1.82, 2.24) is 9.97 Å². The highest BCUT2D eigenvalue weighted by Gasteiger charge is 2.09. The molecule has 0 aliphatic rings. The fourth-order valence-electron chi connectivity index (χ4n) is 1.99. The van der Waals surface area contributed by atoms with Gasteiger partial charge in [0.05, 0.1) is 0 Å². The quantitative estimate of drug-likeness (QED) is 0.739. The molecule has 1 rings (SSSR count). The van der Waals surface area contributed by atoms with Crippen molar-refractivity contribution >= 4 is 11.8 Å². The molecule has 0 fully saturated rings. The standard InChI is InChI=1S/C15H28N4/c1-5-8-10-19(11-9-6-2)14-12-13(4)17-15(18-14)16-7-3/h12H,5-11H2,1-4H3,(H,16,17,18). The number of nitrogens with one attached hydrogen (secondary N) is 1. The molecule has 0 spiro atoms. The summed E-state index contributed by atoms with van der Waals surface area (Å²) < 4.78 is 0. The Morgan fingerprint density at radius 3 is 2.21 bits per heavy atom. The predicted octanol–water partition coefficient (Wildman–Crippen LogP) is 3.62. The molecule has 0 saturated heterocycles. The van der Waals surface area contributed by atoms with E-state index in [0.717, 1.165) is 37.1 Å². The number of unbranched alkanes of at least 4 members (excludes halogenated alkanes) is 2. The van der Waals surface area contributed by atoms with Crippen LogP contribution in [-0.4, -0.2) is 29.6 Å². The maximum Gasteiger partial charge on any atom is 0.224 e. The van der Waals surface area contributed by atoms with Crippen LogP contribution >= 0.6 is 0 Å². The lowest BCUT2D eigenvalue weighted by Gasteiger charge is -2.24. The smallest absolute Gasteiger partial charge is 0.224 e. The first kappa shape index (κ1) is 15.7. The average Bonchev–Trinajstić information content (AvgIpc) is 2.38. The van der Waals surface area contributed by atoms with Crippen molar-refractivity contribution in [2.75, 3.05) is 29.9 Å². The van der Waals surface area contributed by atoms with Gasteiger partial charge in [0.15, 0.2) is 0 Å². The first-order valence-electron chi connectivity index (χ1n) is 7.55. The number of aryl methyl sites for hydroxylation is 1. The predicted molar refractivity (Wildman–Crippen MR) is 83.0 cm³/mol. The first-order valence-corrected chi connectivity index (χ1v) is 7.55. The van der Waals surface area contributed by atoms with E-state index in [0.29, 0.717) is 0 Å². The second-order valence-corrected chi connectivity index (χ2v) is 4.92. The van der Waals surface area contributed by atoms with E-state index in [1.54, 1.807) is 0 Å². The Morgan fingerprint density at radius 2 is 1.68 bits per heavy atom. The highest BCUT2D eigenvalue weighted by molar-refractivity contribution is 5.44. The number of nitrogens with zero attached hydrogens (tertiary/aromatic N) is 3. The topological polar surface area (TPSA) is 41.1 Å². The van der Waals surface area contributed by atoms with E-state index in [1.165, 1.54) is 25.7 Å². The van der Waals surface area contributed by atoms with Gasteiger partial charge >= 0.3 is 0 Å². The molecule has 1 aromatic heterocycles. The summed E-state index contributed by atoms with van der Waals surface area (Å²) >= 11 is 0. The lowest BCUT2D eigenvalue weighted by atomic mass is 10.2. The van der Waals surface area contributed by atoms with Gasteiger partial charge in [0.2, 0.25) is 5.95 Å². The van der Waals surface area contributed by atoms with Gasteiger partial charge in [-0.15, -0.1) is 0 Å². The Labute approximate surface area is 117 Å². The molecule has 1 heterocycles. The van der Waals surface area contributed by atoms with Gasteiger partial charge in [0.25, 0.3) is 0 Å². The molecule has 4 heteroatoms. The summed E-state index contributed by atoms with van der Waals surface area (Å²) in [5, 5.41) is 3.21. The summed E-state index contributed by atoms with van der Waals surface area (Å²) in [5.74, 6) is 1.81. The largest absolute Gasteiger partial charge is 0.356 e. The zero-order valence-corrected chi connectivity index (χ0v) is 12.9. The van der Waals surface area contributed by atoms with Crippen LogP contribution in [0.2, 0.25) is 0 Å². The Hall–Kier alpha value is -1.32. The van der Waals surface area contributed by atoms with Crippen LogP contribution < -0.4 is 10.2 Å². The van der Waals surface area contributed by atoms with Crippen molar-refractivity contribution in [3.63, 3.8) is 0 Å². The zero-order chi connectivity index (χ0) is 14.1. The SMILES string of the molecule is CCCCN(CCCC)c1cc(C)nc(NCC)n1. The van der Waals surface area contributed by atoms with Crippen LogP contribution in [0.5, 0.6) is 0 Å². The third-order valence-electron chi connectivity index (χ3n) is 3.06. The van der Waals surface area contributed by atoms with Crippen LogP contribution in [0.4, 0.5) is 11.8 Å². The lowest BCUT2D eigenvalue weighted by Crippen LogP contribution is -2.27. The molecule has 0 atom stereocenters. The Kier molecular flexibility index (Phi) is 7.23. The Morgan fingerprint density at radius 1 is 1.05 bits per heavy atom. The molecule has 0 amide bonds. The molecule has 0 saturated carbocycles. The van der Waals surface area contributed by atoms with Crippen molar-refractivity contribution in [1.29, 1.82) is 0 Å². The van der Waals surface area contributed by atoms with E-state index in [9.17, 15) is 0 Å². The maximum atomic E-state index is 4.63. The fourth-order valence-corrected chi connectivity index (χ4v) is 1.99. The molecule has 19 heavy (non-hydrogen) atoms. The molecule has 0 aliphatic heterocycles. The summed E-state index contributed by atoms with van der Waals surface area (Å²) in [4.78, 5) is 11.4. The number of anilines is 2. The minimum absolute atomic E-state index is 0.746. The Bertz CT molecular complexity index is 357. The zero-order valence-electron chi connectivity index (χ0n) is 12.9. The lowest BCUT2D eigenvalue weighted by molar-refractivity contribution is 0.670. The van der Waals surface area contributed by atoms with E-state index in [2.05, 4.69) is 47.0 Å². The van der Waals surface area contributed by atoms with Crippen LogP contribution in [0, 0.1) is 6.92 Å². The third kappa shape index (κ3) is 5.45. The Balaban J connectivity index is 2.85. The highest BCUT2D eigenvalue weighted by Crippen LogP contribution is 2.16. The minimum Gasteiger partial charge on any atom is -0.356 e. The molecular formula is C15H28N4. The second-order valence-electron chi connectivity index (χ2n) is 4.92. The van der Waals surface area contributed by atoms with E-state index in [1.807, 2.05) is 6.92 Å². The average molecular weight is 264 g/mol. The van der Waals surface area contributed by atoms with Gasteiger partial charge in [0.1, 0.15) is 5.82 Å². The number of rotatable bonds is 9. The maximum absolute atomic E-state index is 4.63. The van der Waals surface area contributed by atoms with Crippen LogP contribution in [0.1, 0.15) is 52.1 Å². The molecule has 0 unspecified atom stereocenters. The minimum atomic E-state index is 0.746. The molecule has 108 valence electrons. The first-order chi connectivity index (χ1) is 9.21. The number of hydrogen-bond acceptors (Lipinski definition) is 4. The van der Waals surface area contributed by atoms with Crippen LogP contribution in [-0.2, 0) is 0 Å². The molecule has 0 bridgehead atoms. The normalized spacial score (nSPS) is 10.5. The molecule has 0 radical (unpaired) electrons. The number of hydrogen-bond donors (Lipinski definition) is 1. The van der Waals surface area contributed by atoms with Crippen molar-refractivity contribution in [3.8, 4) is 0 Å². The second kappa shape index (κ2) is 8.73. The van der Waals surface area contributed by atoms with Gasteiger partial charge in [-0.1, -0.05) is 26.7 Å². The highest BCUT2D eigenvalue weighted by atomic mass is 15.2. The van der Waals surface area contributed by atoms with Crippen LogP contribution in [0.15, 0.2) is 6.07 Å². The van der Waals surface area contributed by atoms with Crippen molar-refractivity contribution < 1.29 is 0 Å². The number of aromatic nitrogens is 2. The van der Waals surface area contributed by atoms with Crippen molar-refractivity contribution in [2.45, 2.75) is 53.4 Å². The monoisotopic (exact) mass is 264 g/mol. The van der Waals surface area contributed by atoms with Crippen LogP contribution in [0.3, 0.4) is 0 Å². The van der Waals surface area contributed by atoms with Crippen molar-refractivity contribution in [3.05, 3.63) is 11.8 Å². The van der Waals surface area contributed by atoms with Gasteiger partial charge in [-0.3, -0.25) is 0 Å². The summed E-state index contributed by atoms with van der Waals surface area (Å²) in [6.07, 6.45) is 4.85. The molecule has 4 nitrogen and oxygen atoms in total. The summed E-state index contributed by atoms with van der Waals surface area (Å²) in [5.41, 5.74) is 1.03. The van der Waals surface area contributed by atoms with E-state index in [-0.39, 0.29) is 0 Å². The summed E-state index contributed by atoms with van der Waals surface area (Å²) in [7, 11) is 0. The molecule has 1 N–H and O–H groups in total. The van der Waals surface area contributed by atoms with Gasteiger partial charge in [-0.25, -0.2) is 4.98 Å². The molecule has 0 aromatic carbocycles. The summed E-state index contributed by atoms with van der Waals surface area (Å²) in [6.45, 7) is 11.6. The van der Waals surface area contributed by atoms with E-state index < -0.39 is 0 Å².